The van der Waals surface area contributed by atoms with Gasteiger partial charge in [-0.3, -0.25) is 13.9 Å². The van der Waals surface area contributed by atoms with Crippen LogP contribution in [0.5, 0.6) is 0 Å². The second kappa shape index (κ2) is 5.58. The molecule has 0 aliphatic rings. The molecular weight excluding hydrogens is 288 g/mol. The van der Waals surface area contributed by atoms with E-state index in [1.165, 1.54) is 11.6 Å². The van der Waals surface area contributed by atoms with E-state index >= 15 is 0 Å². The molecule has 2 aromatic heterocycles. The Morgan fingerprint density at radius 2 is 2.00 bits per heavy atom. The fraction of sp³-hybridized carbons (Fsp3) is 0.357. The highest BCUT2D eigenvalue weighted by atomic mass is 32.1. The molecule has 0 aliphatic carbocycles. The molecule has 0 amide bonds. The molecule has 2 heterocycles. The average molecular weight is 304 g/mol. The van der Waals surface area contributed by atoms with Crippen molar-refractivity contribution in [1.29, 1.82) is 5.26 Å². The van der Waals surface area contributed by atoms with Gasteiger partial charge in [-0.2, -0.15) is 5.26 Å². The van der Waals surface area contributed by atoms with Gasteiger partial charge in [0.25, 0.3) is 5.56 Å². The van der Waals surface area contributed by atoms with Gasteiger partial charge in [-0.15, -0.1) is 11.3 Å². The zero-order valence-electron chi connectivity index (χ0n) is 12.4. The summed E-state index contributed by atoms with van der Waals surface area (Å²) in [6, 6.07) is 3.93. The van der Waals surface area contributed by atoms with E-state index in [4.69, 9.17) is 0 Å². The van der Waals surface area contributed by atoms with Crippen molar-refractivity contribution in [2.45, 2.75) is 13.5 Å². The van der Waals surface area contributed by atoms with Gasteiger partial charge in [-0.1, -0.05) is 0 Å². The lowest BCUT2D eigenvalue weighted by Gasteiger charge is -2.23. The molecule has 0 fully saturated rings. The summed E-state index contributed by atoms with van der Waals surface area (Å²) >= 11 is 1.61. The van der Waals surface area contributed by atoms with Crippen LogP contribution in [0.15, 0.2) is 21.0 Å². The highest BCUT2D eigenvalue weighted by Gasteiger charge is 2.19. The molecule has 7 heteroatoms. The minimum Gasteiger partial charge on any atom is -0.355 e. The summed E-state index contributed by atoms with van der Waals surface area (Å²) in [6.07, 6.45) is 0. The topological polar surface area (TPSA) is 71.0 Å². The molecule has 0 saturated carbocycles. The van der Waals surface area contributed by atoms with Gasteiger partial charge in [0.2, 0.25) is 0 Å². The lowest BCUT2D eigenvalue weighted by molar-refractivity contribution is 0.667. The first-order chi connectivity index (χ1) is 9.88. The highest BCUT2D eigenvalue weighted by molar-refractivity contribution is 7.10. The molecule has 0 aliphatic heterocycles. The van der Waals surface area contributed by atoms with E-state index in [0.29, 0.717) is 12.4 Å². The standard InChI is InChI=1S/C14H16N4O2S/c1-9-5-6-21-11(9)8-16(2)12-10(7-15)13(19)18(4)14(20)17(12)3/h5-6H,8H2,1-4H3. The third-order valence-corrected chi connectivity index (χ3v) is 4.46. The molecule has 2 rings (SSSR count). The maximum absolute atomic E-state index is 12.1. The van der Waals surface area contributed by atoms with E-state index in [1.54, 1.807) is 30.3 Å². The molecule has 0 atom stereocenters. The van der Waals surface area contributed by atoms with Crippen LogP contribution in [0.3, 0.4) is 0 Å². The molecule has 0 spiro atoms. The summed E-state index contributed by atoms with van der Waals surface area (Å²) < 4.78 is 2.29. The van der Waals surface area contributed by atoms with Gasteiger partial charge in [-0.25, -0.2) is 4.79 Å². The summed E-state index contributed by atoms with van der Waals surface area (Å²) in [5.41, 5.74) is 0.129. The van der Waals surface area contributed by atoms with Crippen LogP contribution in [0.2, 0.25) is 0 Å². The second-order valence-corrected chi connectivity index (χ2v) is 5.90. The van der Waals surface area contributed by atoms with Gasteiger partial charge in [-0.05, 0) is 23.9 Å². The monoisotopic (exact) mass is 304 g/mol. The smallest absolute Gasteiger partial charge is 0.332 e. The number of aromatic nitrogens is 2. The minimum atomic E-state index is -0.564. The highest BCUT2D eigenvalue weighted by Crippen LogP contribution is 2.21. The number of nitrogens with zero attached hydrogens (tertiary/aromatic N) is 4. The van der Waals surface area contributed by atoms with Crippen molar-refractivity contribution in [3.05, 3.63) is 48.3 Å². The summed E-state index contributed by atoms with van der Waals surface area (Å²) in [4.78, 5) is 27.0. The van der Waals surface area contributed by atoms with Crippen LogP contribution in [0.1, 0.15) is 16.0 Å². The first kappa shape index (κ1) is 15.1. The predicted octanol–water partition coefficient (Wildman–Crippen LogP) is 0.962. The Kier molecular flexibility index (Phi) is 4.00. The fourth-order valence-corrected chi connectivity index (χ4v) is 3.19. The molecule has 0 unspecified atom stereocenters. The van der Waals surface area contributed by atoms with Gasteiger partial charge in [0.05, 0.1) is 6.54 Å². The molecule has 0 N–H and O–H groups in total. The third-order valence-electron chi connectivity index (χ3n) is 3.46. The first-order valence-electron chi connectivity index (χ1n) is 6.32. The number of anilines is 1. The van der Waals surface area contributed by atoms with Crippen molar-refractivity contribution in [1.82, 2.24) is 9.13 Å². The first-order valence-corrected chi connectivity index (χ1v) is 7.20. The number of nitriles is 1. The van der Waals surface area contributed by atoms with Crippen LogP contribution < -0.4 is 16.1 Å². The molecule has 0 aromatic carbocycles. The molecule has 110 valence electrons. The molecule has 6 nitrogen and oxygen atoms in total. The molecular formula is C14H16N4O2S. The number of hydrogen-bond donors (Lipinski definition) is 0. The Bertz CT molecular complexity index is 838. The molecule has 21 heavy (non-hydrogen) atoms. The van der Waals surface area contributed by atoms with Crippen LogP contribution in [-0.4, -0.2) is 16.2 Å². The number of aryl methyl sites for hydroxylation is 1. The van der Waals surface area contributed by atoms with Crippen LogP contribution in [0.4, 0.5) is 5.82 Å². The Hall–Kier alpha value is -2.33. The Balaban J connectivity index is 2.59. The van der Waals surface area contributed by atoms with E-state index < -0.39 is 11.2 Å². The third kappa shape index (κ3) is 2.50. The quantitative estimate of drug-likeness (QED) is 0.847. The lowest BCUT2D eigenvalue weighted by atomic mass is 10.2. The minimum absolute atomic E-state index is 0.0173. The number of thiophene rings is 1. The Morgan fingerprint density at radius 1 is 1.33 bits per heavy atom. The van der Waals surface area contributed by atoms with Crippen molar-refractivity contribution in [2.75, 3.05) is 11.9 Å². The van der Waals surface area contributed by atoms with Gasteiger partial charge in [0.15, 0.2) is 5.56 Å². The maximum atomic E-state index is 12.1. The Morgan fingerprint density at radius 3 is 2.52 bits per heavy atom. The van der Waals surface area contributed by atoms with Crippen LogP contribution in [-0.2, 0) is 20.6 Å². The zero-order valence-corrected chi connectivity index (χ0v) is 13.2. The van der Waals surface area contributed by atoms with E-state index in [2.05, 4.69) is 0 Å². The predicted molar refractivity (Wildman–Crippen MR) is 82.8 cm³/mol. The summed E-state index contributed by atoms with van der Waals surface area (Å²) in [7, 11) is 4.71. The zero-order chi connectivity index (χ0) is 15.7. The van der Waals surface area contributed by atoms with Gasteiger partial charge < -0.3 is 4.90 Å². The van der Waals surface area contributed by atoms with Crippen LogP contribution in [0.25, 0.3) is 0 Å². The lowest BCUT2D eigenvalue weighted by Crippen LogP contribution is -2.41. The van der Waals surface area contributed by atoms with Gasteiger partial charge in [0.1, 0.15) is 11.9 Å². The van der Waals surface area contributed by atoms with Crippen molar-refractivity contribution in [3.63, 3.8) is 0 Å². The van der Waals surface area contributed by atoms with Crippen LogP contribution in [0, 0.1) is 18.3 Å². The van der Waals surface area contributed by atoms with Crippen LogP contribution >= 0.6 is 11.3 Å². The maximum Gasteiger partial charge on any atom is 0.332 e. The van der Waals surface area contributed by atoms with E-state index in [1.807, 2.05) is 24.4 Å². The molecule has 0 saturated heterocycles. The SMILES string of the molecule is Cc1ccsc1CN(C)c1c(C#N)c(=O)n(C)c(=O)n1C. The van der Waals surface area contributed by atoms with E-state index in [0.717, 1.165) is 15.0 Å². The van der Waals surface area contributed by atoms with E-state index in [-0.39, 0.29) is 5.56 Å². The van der Waals surface area contributed by atoms with Crippen molar-refractivity contribution < 1.29 is 0 Å². The average Bonchev–Trinajstić information content (AvgIpc) is 2.85. The van der Waals surface area contributed by atoms with Crippen molar-refractivity contribution in [3.8, 4) is 6.07 Å². The van der Waals surface area contributed by atoms with Gasteiger partial charge >= 0.3 is 5.69 Å². The summed E-state index contributed by atoms with van der Waals surface area (Å²) in [5.74, 6) is 0.346. The van der Waals surface area contributed by atoms with Crippen molar-refractivity contribution >= 4 is 17.2 Å². The van der Waals surface area contributed by atoms with E-state index in [9.17, 15) is 14.9 Å². The summed E-state index contributed by atoms with van der Waals surface area (Å²) in [5, 5.41) is 11.3. The molecule has 0 radical (unpaired) electrons. The van der Waals surface area contributed by atoms with Crippen molar-refractivity contribution in [2.24, 2.45) is 14.1 Å². The summed E-state index contributed by atoms with van der Waals surface area (Å²) in [6.45, 7) is 2.55. The molecule has 2 aromatic rings. The largest absolute Gasteiger partial charge is 0.355 e. The van der Waals surface area contributed by atoms with Gasteiger partial charge in [0, 0.05) is 26.0 Å². The number of hydrogen-bond acceptors (Lipinski definition) is 5. The second-order valence-electron chi connectivity index (χ2n) is 4.90. The fourth-order valence-electron chi connectivity index (χ4n) is 2.23. The normalized spacial score (nSPS) is 10.4. The number of rotatable bonds is 3. The Labute approximate surface area is 126 Å². The molecule has 0 bridgehead atoms.